The van der Waals surface area contributed by atoms with Gasteiger partial charge in [0.05, 0.1) is 23.7 Å². The van der Waals surface area contributed by atoms with Crippen molar-refractivity contribution in [1.29, 1.82) is 0 Å². The fourth-order valence-electron chi connectivity index (χ4n) is 4.70. The molecule has 3 aliphatic heterocycles. The molecular formula is C25H22N4O7. The van der Waals surface area contributed by atoms with Gasteiger partial charge in [-0.2, -0.15) is 0 Å². The van der Waals surface area contributed by atoms with E-state index in [0.29, 0.717) is 0 Å². The number of imide groups is 2. The smallest absolute Gasteiger partial charge is 0.325 e. The summed E-state index contributed by atoms with van der Waals surface area (Å²) in [6, 6.07) is 12.2. The quantitative estimate of drug-likeness (QED) is 0.459. The van der Waals surface area contributed by atoms with Crippen molar-refractivity contribution >= 4 is 41.2 Å². The van der Waals surface area contributed by atoms with Crippen LogP contribution >= 0.6 is 0 Å². The number of fused-ring (bicyclic) bond motifs is 1. The second-order valence-corrected chi connectivity index (χ2v) is 8.66. The first-order chi connectivity index (χ1) is 17.3. The molecule has 0 aromatic heterocycles. The molecule has 2 fully saturated rings. The van der Waals surface area contributed by atoms with Crippen LogP contribution in [-0.4, -0.2) is 71.0 Å². The van der Waals surface area contributed by atoms with Gasteiger partial charge in [-0.1, -0.05) is 36.4 Å². The predicted molar refractivity (Wildman–Crippen MR) is 123 cm³/mol. The zero-order valence-electron chi connectivity index (χ0n) is 19.1. The number of benzene rings is 2. The van der Waals surface area contributed by atoms with E-state index in [9.17, 15) is 28.8 Å². The number of rotatable bonds is 5. The summed E-state index contributed by atoms with van der Waals surface area (Å²) < 4.78 is 5.16. The van der Waals surface area contributed by atoms with Crippen molar-refractivity contribution in [3.63, 3.8) is 0 Å². The average Bonchev–Trinajstić information content (AvgIpc) is 3.13. The standard InChI is InChI=1S/C25H22N4O7/c30-19-10-9-17(23(33)27-19)29-24(34)15-7-4-8-16(22(15)25(29)35)26-11-20(31)28-12-21(32)36-13-18(28)14-5-2-1-3-6-14/h1-8,17-18,26H,9-13H2,(H,27,30,33)/t17?,18-/m1/s1. The Hall–Kier alpha value is -4.54. The van der Waals surface area contributed by atoms with E-state index < -0.39 is 47.6 Å². The molecule has 0 radical (unpaired) electrons. The molecule has 0 aliphatic carbocycles. The summed E-state index contributed by atoms with van der Waals surface area (Å²) in [7, 11) is 0. The Kier molecular flexibility index (Phi) is 5.96. The summed E-state index contributed by atoms with van der Waals surface area (Å²) in [5.74, 6) is -3.38. The Morgan fingerprint density at radius 2 is 1.75 bits per heavy atom. The SMILES string of the molecule is O=C1CCC(N2C(=O)c3cccc(NCC(=O)N4CC(=O)OC[C@@H]4c4ccccc4)c3C2=O)C(=O)N1. The van der Waals surface area contributed by atoms with Crippen molar-refractivity contribution in [2.45, 2.75) is 24.9 Å². The third-order valence-corrected chi connectivity index (χ3v) is 6.48. The molecule has 184 valence electrons. The highest BCUT2D eigenvalue weighted by molar-refractivity contribution is 6.25. The number of amides is 5. The second kappa shape index (κ2) is 9.25. The number of morpholine rings is 1. The first-order valence-corrected chi connectivity index (χ1v) is 11.4. The van der Waals surface area contributed by atoms with E-state index in [0.717, 1.165) is 10.5 Å². The van der Waals surface area contributed by atoms with Crippen LogP contribution < -0.4 is 10.6 Å². The molecule has 5 amide bonds. The van der Waals surface area contributed by atoms with Crippen molar-refractivity contribution in [2.75, 3.05) is 25.0 Å². The molecule has 36 heavy (non-hydrogen) atoms. The zero-order valence-corrected chi connectivity index (χ0v) is 19.1. The Balaban J connectivity index is 1.34. The van der Waals surface area contributed by atoms with Gasteiger partial charge in [0, 0.05) is 12.1 Å². The minimum Gasteiger partial charge on any atom is -0.462 e. The Bertz CT molecular complexity index is 1290. The van der Waals surface area contributed by atoms with Gasteiger partial charge in [0.1, 0.15) is 19.2 Å². The molecule has 0 bridgehead atoms. The molecule has 2 saturated heterocycles. The summed E-state index contributed by atoms with van der Waals surface area (Å²) >= 11 is 0. The molecule has 0 saturated carbocycles. The van der Waals surface area contributed by atoms with Crippen LogP contribution in [0.2, 0.25) is 0 Å². The second-order valence-electron chi connectivity index (χ2n) is 8.66. The minimum atomic E-state index is -1.09. The van der Waals surface area contributed by atoms with Crippen molar-refractivity contribution in [2.24, 2.45) is 0 Å². The molecular weight excluding hydrogens is 468 g/mol. The van der Waals surface area contributed by atoms with Gasteiger partial charge in [0.25, 0.3) is 11.8 Å². The van der Waals surface area contributed by atoms with Gasteiger partial charge in [0.15, 0.2) is 0 Å². The fourth-order valence-corrected chi connectivity index (χ4v) is 4.70. The number of hydrogen-bond donors (Lipinski definition) is 2. The van der Waals surface area contributed by atoms with E-state index in [1.807, 2.05) is 30.3 Å². The van der Waals surface area contributed by atoms with Crippen LogP contribution in [0.15, 0.2) is 48.5 Å². The van der Waals surface area contributed by atoms with Gasteiger partial charge in [-0.15, -0.1) is 0 Å². The van der Waals surface area contributed by atoms with Crippen LogP contribution in [0.3, 0.4) is 0 Å². The number of carbonyl (C=O) groups excluding carboxylic acids is 6. The highest BCUT2D eigenvalue weighted by atomic mass is 16.5. The number of piperidine rings is 1. The average molecular weight is 490 g/mol. The summed E-state index contributed by atoms with van der Waals surface area (Å²) in [6.45, 7) is -0.427. The summed E-state index contributed by atoms with van der Waals surface area (Å²) in [4.78, 5) is 77.3. The number of ether oxygens (including phenoxy) is 1. The summed E-state index contributed by atoms with van der Waals surface area (Å²) in [6.07, 6.45) is 0.0631. The van der Waals surface area contributed by atoms with Gasteiger partial charge >= 0.3 is 5.97 Å². The number of esters is 1. The zero-order chi connectivity index (χ0) is 25.4. The number of carbonyl (C=O) groups is 6. The first-order valence-electron chi connectivity index (χ1n) is 11.4. The van der Waals surface area contributed by atoms with E-state index in [-0.39, 0.29) is 49.4 Å². The van der Waals surface area contributed by atoms with E-state index in [1.165, 1.54) is 11.0 Å². The lowest BCUT2D eigenvalue weighted by molar-refractivity contribution is -0.161. The lowest BCUT2D eigenvalue weighted by Gasteiger charge is -2.35. The van der Waals surface area contributed by atoms with Crippen LogP contribution in [0.1, 0.15) is 45.2 Å². The van der Waals surface area contributed by atoms with Crippen LogP contribution in [0.5, 0.6) is 0 Å². The van der Waals surface area contributed by atoms with Crippen LogP contribution in [0.25, 0.3) is 0 Å². The number of cyclic esters (lactones) is 1. The van der Waals surface area contributed by atoms with E-state index in [4.69, 9.17) is 4.74 Å². The van der Waals surface area contributed by atoms with Gasteiger partial charge in [-0.25, -0.2) is 0 Å². The van der Waals surface area contributed by atoms with Gasteiger partial charge < -0.3 is 15.0 Å². The monoisotopic (exact) mass is 490 g/mol. The normalized spacial score (nSPS) is 21.7. The molecule has 0 spiro atoms. The van der Waals surface area contributed by atoms with Crippen molar-refractivity contribution in [1.82, 2.24) is 15.1 Å². The minimum absolute atomic E-state index is 0.0181. The number of nitrogens with one attached hydrogen (secondary N) is 2. The van der Waals surface area contributed by atoms with Gasteiger partial charge in [-0.3, -0.25) is 39.0 Å². The Morgan fingerprint density at radius 1 is 0.972 bits per heavy atom. The maximum absolute atomic E-state index is 13.2. The summed E-state index contributed by atoms with van der Waals surface area (Å²) in [5, 5.41) is 5.08. The predicted octanol–water partition coefficient (Wildman–Crippen LogP) is 0.626. The van der Waals surface area contributed by atoms with Crippen LogP contribution in [-0.2, 0) is 23.9 Å². The maximum Gasteiger partial charge on any atom is 0.325 e. The van der Waals surface area contributed by atoms with E-state index in [1.54, 1.807) is 12.1 Å². The summed E-state index contributed by atoms with van der Waals surface area (Å²) in [5.41, 5.74) is 1.23. The lowest BCUT2D eigenvalue weighted by Crippen LogP contribution is -2.54. The van der Waals surface area contributed by atoms with Gasteiger partial charge in [-0.05, 0) is 24.1 Å². The molecule has 2 N–H and O–H groups in total. The molecule has 11 nitrogen and oxygen atoms in total. The molecule has 2 atom stereocenters. The van der Waals surface area contributed by atoms with Crippen molar-refractivity contribution in [3.05, 3.63) is 65.2 Å². The fraction of sp³-hybridized carbons (Fsp3) is 0.280. The third-order valence-electron chi connectivity index (χ3n) is 6.48. The molecule has 2 aromatic rings. The Labute approximate surface area is 205 Å². The Morgan fingerprint density at radius 3 is 2.50 bits per heavy atom. The topological polar surface area (TPSA) is 142 Å². The van der Waals surface area contributed by atoms with Crippen molar-refractivity contribution in [3.8, 4) is 0 Å². The van der Waals surface area contributed by atoms with Crippen LogP contribution in [0, 0.1) is 0 Å². The van der Waals surface area contributed by atoms with Gasteiger partial charge in [0.2, 0.25) is 17.7 Å². The molecule has 3 aliphatic rings. The third kappa shape index (κ3) is 4.08. The highest BCUT2D eigenvalue weighted by Gasteiger charge is 2.45. The van der Waals surface area contributed by atoms with E-state index >= 15 is 0 Å². The highest BCUT2D eigenvalue weighted by Crippen LogP contribution is 2.32. The number of hydrogen-bond acceptors (Lipinski definition) is 8. The molecule has 1 unspecified atom stereocenters. The lowest BCUT2D eigenvalue weighted by atomic mass is 10.0. The van der Waals surface area contributed by atoms with E-state index in [2.05, 4.69) is 10.6 Å². The number of nitrogens with zero attached hydrogens (tertiary/aromatic N) is 2. The molecule has 5 rings (SSSR count). The first kappa shape index (κ1) is 23.2. The van der Waals surface area contributed by atoms with Crippen molar-refractivity contribution < 1.29 is 33.5 Å². The molecule has 2 aromatic carbocycles. The largest absolute Gasteiger partial charge is 0.462 e. The number of anilines is 1. The maximum atomic E-state index is 13.2. The molecule has 11 heteroatoms. The molecule has 3 heterocycles. The van der Waals surface area contributed by atoms with Crippen LogP contribution in [0.4, 0.5) is 5.69 Å².